The summed E-state index contributed by atoms with van der Waals surface area (Å²) in [6.45, 7) is 0. The van der Waals surface area contributed by atoms with E-state index in [9.17, 15) is 4.79 Å². The summed E-state index contributed by atoms with van der Waals surface area (Å²) in [7, 11) is 1.47. The van der Waals surface area contributed by atoms with Gasteiger partial charge in [0.15, 0.2) is 5.78 Å². The summed E-state index contributed by atoms with van der Waals surface area (Å²) in [6.07, 6.45) is 0. The second-order valence-corrected chi connectivity index (χ2v) is 5.28. The van der Waals surface area contributed by atoms with Gasteiger partial charge in [0, 0.05) is 27.9 Å². The molecule has 2 aromatic rings. The summed E-state index contributed by atoms with van der Waals surface area (Å²) < 4.78 is 5.04. The lowest BCUT2D eigenvalue weighted by Crippen LogP contribution is -2.06. The molecule has 0 aliphatic heterocycles. The highest BCUT2D eigenvalue weighted by atomic mass is 35.5. The third-order valence-electron chi connectivity index (χ3n) is 2.75. The Hall–Kier alpha value is -1.42. The van der Waals surface area contributed by atoms with E-state index in [2.05, 4.69) is 0 Å². The molecule has 0 saturated heterocycles. The quantitative estimate of drug-likeness (QED) is 0.667. The van der Waals surface area contributed by atoms with Crippen LogP contribution in [0, 0.1) is 0 Å². The number of nitrogen functional groups attached to an aromatic ring is 1. The van der Waals surface area contributed by atoms with Gasteiger partial charge in [0.25, 0.3) is 0 Å². The number of carbonyl (C=O) groups is 1. The molecule has 0 saturated carbocycles. The average molecular weight is 331 g/mol. The second-order valence-electron chi connectivity index (χ2n) is 4.03. The molecule has 3 nitrogen and oxygen atoms in total. The normalized spacial score (nSPS) is 10.4. The van der Waals surface area contributed by atoms with Gasteiger partial charge < -0.3 is 10.5 Å². The van der Waals surface area contributed by atoms with Gasteiger partial charge in [-0.3, -0.25) is 4.79 Å². The van der Waals surface area contributed by atoms with Crippen molar-refractivity contribution >= 4 is 46.3 Å². The van der Waals surface area contributed by atoms with Crippen molar-refractivity contribution in [3.63, 3.8) is 0 Å². The maximum absolute atomic E-state index is 12.5. The SMILES string of the molecule is COc1cc(Cl)c(C(=O)c2cc(Cl)ccc2N)cc1Cl. The Bertz CT molecular complexity index is 686. The van der Waals surface area contributed by atoms with E-state index in [1.165, 1.54) is 25.3 Å². The smallest absolute Gasteiger partial charge is 0.196 e. The Morgan fingerprint density at radius 1 is 1.05 bits per heavy atom. The minimum Gasteiger partial charge on any atom is -0.495 e. The van der Waals surface area contributed by atoms with Crippen LogP contribution < -0.4 is 10.5 Å². The van der Waals surface area contributed by atoms with Crippen LogP contribution in [0.4, 0.5) is 5.69 Å². The van der Waals surface area contributed by atoms with Crippen molar-refractivity contribution in [1.29, 1.82) is 0 Å². The van der Waals surface area contributed by atoms with Crippen molar-refractivity contribution in [3.8, 4) is 5.75 Å². The molecule has 6 heteroatoms. The van der Waals surface area contributed by atoms with Crippen LogP contribution in [0.5, 0.6) is 5.75 Å². The van der Waals surface area contributed by atoms with Gasteiger partial charge in [-0.2, -0.15) is 0 Å². The molecule has 0 amide bonds. The van der Waals surface area contributed by atoms with Crippen LogP contribution in [0.15, 0.2) is 30.3 Å². The van der Waals surface area contributed by atoms with E-state index in [4.69, 9.17) is 45.3 Å². The van der Waals surface area contributed by atoms with E-state index >= 15 is 0 Å². The summed E-state index contributed by atoms with van der Waals surface area (Å²) in [5, 5.41) is 0.940. The van der Waals surface area contributed by atoms with Crippen LogP contribution in [-0.2, 0) is 0 Å². The molecule has 0 aliphatic carbocycles. The molecular formula is C14H10Cl3NO2. The lowest BCUT2D eigenvalue weighted by Gasteiger charge is -2.10. The van der Waals surface area contributed by atoms with Crippen LogP contribution in [-0.4, -0.2) is 12.9 Å². The number of nitrogens with two attached hydrogens (primary N) is 1. The van der Waals surface area contributed by atoms with Crippen molar-refractivity contribution in [2.45, 2.75) is 0 Å². The molecule has 0 heterocycles. The lowest BCUT2D eigenvalue weighted by atomic mass is 10.0. The van der Waals surface area contributed by atoms with Crippen molar-refractivity contribution in [3.05, 3.63) is 56.5 Å². The minimum absolute atomic E-state index is 0.232. The first-order chi connectivity index (χ1) is 9.43. The van der Waals surface area contributed by atoms with Gasteiger partial charge in [-0.25, -0.2) is 0 Å². The van der Waals surface area contributed by atoms with Crippen molar-refractivity contribution in [2.24, 2.45) is 0 Å². The van der Waals surface area contributed by atoms with Crippen LogP contribution in [0.2, 0.25) is 15.1 Å². The fraction of sp³-hybridized carbons (Fsp3) is 0.0714. The molecule has 0 aromatic heterocycles. The second kappa shape index (κ2) is 5.92. The summed E-state index contributed by atoms with van der Waals surface area (Å²) in [5.41, 5.74) is 6.63. The molecule has 2 N–H and O–H groups in total. The van der Waals surface area contributed by atoms with Crippen LogP contribution in [0.3, 0.4) is 0 Å². The van der Waals surface area contributed by atoms with Crippen LogP contribution >= 0.6 is 34.8 Å². The number of rotatable bonds is 3. The number of hydrogen-bond donors (Lipinski definition) is 1. The highest BCUT2D eigenvalue weighted by Gasteiger charge is 2.18. The van der Waals surface area contributed by atoms with Crippen molar-refractivity contribution in [2.75, 3.05) is 12.8 Å². The fourth-order valence-corrected chi connectivity index (χ4v) is 2.38. The number of ketones is 1. The number of carbonyl (C=O) groups excluding carboxylic acids is 1. The Morgan fingerprint density at radius 2 is 1.75 bits per heavy atom. The zero-order valence-electron chi connectivity index (χ0n) is 10.4. The van der Waals surface area contributed by atoms with E-state index in [1.807, 2.05) is 0 Å². The third kappa shape index (κ3) is 2.85. The van der Waals surface area contributed by atoms with E-state index in [0.717, 1.165) is 0 Å². The highest BCUT2D eigenvalue weighted by molar-refractivity contribution is 6.38. The zero-order valence-corrected chi connectivity index (χ0v) is 12.7. The molecule has 0 aliphatic rings. The Labute approximate surface area is 131 Å². The molecule has 2 rings (SSSR count). The first kappa shape index (κ1) is 15.0. The molecule has 0 spiro atoms. The fourth-order valence-electron chi connectivity index (χ4n) is 1.73. The van der Waals surface area contributed by atoms with E-state index in [1.54, 1.807) is 12.1 Å². The van der Waals surface area contributed by atoms with Crippen LogP contribution in [0.1, 0.15) is 15.9 Å². The minimum atomic E-state index is -0.348. The molecule has 20 heavy (non-hydrogen) atoms. The Balaban J connectivity index is 2.54. The lowest BCUT2D eigenvalue weighted by molar-refractivity contribution is 0.103. The summed E-state index contributed by atoms with van der Waals surface area (Å²) >= 11 is 18.0. The number of methoxy groups -OCH3 is 1. The summed E-state index contributed by atoms with van der Waals surface area (Å²) in [6, 6.07) is 7.60. The van der Waals surface area contributed by atoms with Crippen molar-refractivity contribution < 1.29 is 9.53 Å². The number of ether oxygens (including phenoxy) is 1. The molecular weight excluding hydrogens is 321 g/mol. The van der Waals surface area contributed by atoms with E-state index in [-0.39, 0.29) is 21.9 Å². The molecule has 0 unspecified atom stereocenters. The zero-order chi connectivity index (χ0) is 14.9. The topological polar surface area (TPSA) is 52.3 Å². The predicted octanol–water partition coefficient (Wildman–Crippen LogP) is 4.47. The monoisotopic (exact) mass is 329 g/mol. The maximum Gasteiger partial charge on any atom is 0.196 e. The highest BCUT2D eigenvalue weighted by Crippen LogP contribution is 2.33. The Kier molecular flexibility index (Phi) is 4.43. The largest absolute Gasteiger partial charge is 0.495 e. The van der Waals surface area contributed by atoms with Crippen molar-refractivity contribution in [1.82, 2.24) is 0 Å². The summed E-state index contributed by atoms with van der Waals surface area (Å²) in [4.78, 5) is 12.5. The molecule has 0 bridgehead atoms. The van der Waals surface area contributed by atoms with Gasteiger partial charge in [-0.1, -0.05) is 34.8 Å². The predicted molar refractivity (Wildman–Crippen MR) is 82.3 cm³/mol. The van der Waals surface area contributed by atoms with Gasteiger partial charge in [0.1, 0.15) is 5.75 Å². The van der Waals surface area contributed by atoms with Crippen LogP contribution in [0.25, 0.3) is 0 Å². The van der Waals surface area contributed by atoms with Gasteiger partial charge in [-0.05, 0) is 24.3 Å². The maximum atomic E-state index is 12.5. The summed E-state index contributed by atoms with van der Waals surface area (Å²) in [5.74, 6) is 0.0480. The Morgan fingerprint density at radius 3 is 2.40 bits per heavy atom. The number of anilines is 1. The first-order valence-corrected chi connectivity index (χ1v) is 6.70. The molecule has 104 valence electrons. The standard InChI is InChI=1S/C14H10Cl3NO2/c1-20-13-6-10(16)8(5-11(13)17)14(19)9-4-7(15)2-3-12(9)18/h2-6H,18H2,1H3. The number of halogens is 3. The average Bonchev–Trinajstić information content (AvgIpc) is 2.42. The van der Waals surface area contributed by atoms with E-state index < -0.39 is 0 Å². The molecule has 2 aromatic carbocycles. The number of benzene rings is 2. The van der Waals surface area contributed by atoms with Gasteiger partial charge >= 0.3 is 0 Å². The molecule has 0 radical (unpaired) electrons. The van der Waals surface area contributed by atoms with Gasteiger partial charge in [0.2, 0.25) is 0 Å². The van der Waals surface area contributed by atoms with Gasteiger partial charge in [-0.15, -0.1) is 0 Å². The molecule has 0 atom stereocenters. The van der Waals surface area contributed by atoms with E-state index in [0.29, 0.717) is 21.5 Å². The first-order valence-electron chi connectivity index (χ1n) is 5.56. The number of hydrogen-bond acceptors (Lipinski definition) is 3. The third-order valence-corrected chi connectivity index (χ3v) is 3.59. The van der Waals surface area contributed by atoms with Gasteiger partial charge in [0.05, 0.1) is 17.2 Å². The molecule has 0 fully saturated rings.